The molecule has 1 saturated heterocycles. The molecule has 0 radical (unpaired) electrons. The van der Waals surface area contributed by atoms with E-state index in [1.54, 1.807) is 0 Å². The lowest BCUT2D eigenvalue weighted by molar-refractivity contribution is 0.0658. The highest BCUT2D eigenvalue weighted by Gasteiger charge is 2.18. The Morgan fingerprint density at radius 2 is 2.46 bits per heavy atom. The largest absolute Gasteiger partial charge is 0.377 e. The van der Waals surface area contributed by atoms with E-state index in [2.05, 4.69) is 5.32 Å². The minimum atomic E-state index is -0.603. The highest BCUT2D eigenvalue weighted by Crippen LogP contribution is 2.10. The van der Waals surface area contributed by atoms with Crippen molar-refractivity contribution in [3.05, 3.63) is 0 Å². The van der Waals surface area contributed by atoms with E-state index in [1.807, 2.05) is 6.92 Å². The molecule has 1 aliphatic heterocycles. The molecule has 0 bridgehead atoms. The maximum atomic E-state index is 9.49. The zero-order valence-corrected chi connectivity index (χ0v) is 8.20. The maximum absolute atomic E-state index is 9.49. The van der Waals surface area contributed by atoms with Crippen molar-refractivity contribution in [1.29, 1.82) is 0 Å². The van der Waals surface area contributed by atoms with Crippen LogP contribution in [-0.4, -0.2) is 36.6 Å². The van der Waals surface area contributed by atoms with Gasteiger partial charge in [0.1, 0.15) is 6.23 Å². The maximum Gasteiger partial charge on any atom is 0.120 e. The average Bonchev–Trinajstić information content (AvgIpc) is 2.65. The zero-order valence-electron chi connectivity index (χ0n) is 8.20. The normalized spacial score (nSPS) is 27.5. The van der Waals surface area contributed by atoms with Crippen molar-refractivity contribution in [1.82, 2.24) is 5.32 Å². The van der Waals surface area contributed by atoms with Crippen LogP contribution in [0.1, 0.15) is 26.2 Å². The predicted molar refractivity (Wildman–Crippen MR) is 51.2 cm³/mol. The highest BCUT2D eigenvalue weighted by atomic mass is 16.5. The first-order chi connectivity index (χ1) is 6.24. The van der Waals surface area contributed by atoms with Crippen LogP contribution in [0.3, 0.4) is 0 Å². The number of nitrogens with one attached hydrogen (secondary N) is 1. The standard InChI is InChI=1S/C9H20N2O2/c1-2-8(10)9(12)11-6-7-4-3-5-13-7/h7-9,11-12H,2-6,10H2,1H3. The van der Waals surface area contributed by atoms with E-state index in [-0.39, 0.29) is 12.1 Å². The molecule has 0 aromatic heterocycles. The van der Waals surface area contributed by atoms with E-state index >= 15 is 0 Å². The third kappa shape index (κ3) is 3.60. The van der Waals surface area contributed by atoms with Crippen LogP contribution in [0, 0.1) is 0 Å². The molecule has 1 fully saturated rings. The minimum Gasteiger partial charge on any atom is -0.377 e. The van der Waals surface area contributed by atoms with Crippen LogP contribution in [-0.2, 0) is 4.74 Å². The first-order valence-electron chi connectivity index (χ1n) is 5.02. The van der Waals surface area contributed by atoms with Gasteiger partial charge in [0, 0.05) is 19.2 Å². The second kappa shape index (κ2) is 5.54. The molecule has 1 aliphatic rings. The van der Waals surface area contributed by atoms with Crippen molar-refractivity contribution in [3.8, 4) is 0 Å². The Morgan fingerprint density at radius 1 is 1.69 bits per heavy atom. The van der Waals surface area contributed by atoms with Gasteiger partial charge in [0.25, 0.3) is 0 Å². The summed E-state index contributed by atoms with van der Waals surface area (Å²) in [7, 11) is 0. The molecule has 0 aromatic carbocycles. The van der Waals surface area contributed by atoms with E-state index in [9.17, 15) is 5.11 Å². The Labute approximate surface area is 79.5 Å². The number of hydrogen-bond acceptors (Lipinski definition) is 4. The average molecular weight is 188 g/mol. The number of aliphatic hydroxyl groups is 1. The lowest BCUT2D eigenvalue weighted by Crippen LogP contribution is -2.46. The number of ether oxygens (including phenoxy) is 1. The van der Waals surface area contributed by atoms with Gasteiger partial charge in [-0.3, -0.25) is 5.32 Å². The molecular formula is C9H20N2O2. The molecule has 4 heteroatoms. The van der Waals surface area contributed by atoms with Gasteiger partial charge >= 0.3 is 0 Å². The quantitative estimate of drug-likeness (QED) is 0.523. The minimum absolute atomic E-state index is 0.179. The SMILES string of the molecule is CCC(N)C(O)NCC1CCCO1. The van der Waals surface area contributed by atoms with Gasteiger partial charge in [-0.2, -0.15) is 0 Å². The summed E-state index contributed by atoms with van der Waals surface area (Å²) >= 11 is 0. The Hall–Kier alpha value is -0.160. The van der Waals surface area contributed by atoms with Gasteiger partial charge in [-0.25, -0.2) is 0 Å². The molecule has 1 heterocycles. The van der Waals surface area contributed by atoms with Gasteiger partial charge in [-0.15, -0.1) is 0 Å². The molecule has 13 heavy (non-hydrogen) atoms. The van der Waals surface area contributed by atoms with E-state index < -0.39 is 6.23 Å². The van der Waals surface area contributed by atoms with Crippen LogP contribution in [0.4, 0.5) is 0 Å². The second-order valence-electron chi connectivity index (χ2n) is 3.56. The van der Waals surface area contributed by atoms with Crippen molar-refractivity contribution in [2.24, 2.45) is 5.73 Å². The summed E-state index contributed by atoms with van der Waals surface area (Å²) in [5, 5.41) is 12.5. The van der Waals surface area contributed by atoms with Crippen LogP contribution >= 0.6 is 0 Å². The van der Waals surface area contributed by atoms with Crippen LogP contribution < -0.4 is 11.1 Å². The molecule has 1 rings (SSSR count). The van der Waals surface area contributed by atoms with Crippen LogP contribution in [0.15, 0.2) is 0 Å². The van der Waals surface area contributed by atoms with Crippen LogP contribution in [0.5, 0.6) is 0 Å². The molecule has 0 aliphatic carbocycles. The summed E-state index contributed by atoms with van der Waals surface area (Å²) in [6.07, 6.45) is 2.65. The fourth-order valence-electron chi connectivity index (χ4n) is 1.43. The fraction of sp³-hybridized carbons (Fsp3) is 1.00. The molecular weight excluding hydrogens is 168 g/mol. The molecule has 0 saturated carbocycles. The zero-order chi connectivity index (χ0) is 9.68. The van der Waals surface area contributed by atoms with Gasteiger partial charge in [0.15, 0.2) is 0 Å². The molecule has 0 amide bonds. The Balaban J connectivity index is 2.10. The Bertz CT molecular complexity index is 138. The van der Waals surface area contributed by atoms with Crippen molar-refractivity contribution in [2.45, 2.75) is 44.6 Å². The van der Waals surface area contributed by atoms with E-state index in [4.69, 9.17) is 10.5 Å². The molecule has 3 atom stereocenters. The predicted octanol–water partition coefficient (Wildman–Crippen LogP) is -0.189. The van der Waals surface area contributed by atoms with Crippen molar-refractivity contribution < 1.29 is 9.84 Å². The van der Waals surface area contributed by atoms with Crippen molar-refractivity contribution in [2.75, 3.05) is 13.2 Å². The molecule has 3 unspecified atom stereocenters. The third-order valence-electron chi connectivity index (χ3n) is 2.46. The summed E-state index contributed by atoms with van der Waals surface area (Å²) < 4.78 is 5.40. The van der Waals surface area contributed by atoms with E-state index in [0.29, 0.717) is 6.54 Å². The molecule has 4 nitrogen and oxygen atoms in total. The number of rotatable bonds is 5. The van der Waals surface area contributed by atoms with Crippen LogP contribution in [0.25, 0.3) is 0 Å². The van der Waals surface area contributed by atoms with E-state index in [1.165, 1.54) is 0 Å². The van der Waals surface area contributed by atoms with Crippen LogP contribution in [0.2, 0.25) is 0 Å². The lowest BCUT2D eigenvalue weighted by Gasteiger charge is -2.20. The summed E-state index contributed by atoms with van der Waals surface area (Å²) in [4.78, 5) is 0. The molecule has 4 N–H and O–H groups in total. The van der Waals surface area contributed by atoms with E-state index in [0.717, 1.165) is 25.9 Å². The van der Waals surface area contributed by atoms with Gasteiger partial charge in [0.2, 0.25) is 0 Å². The topological polar surface area (TPSA) is 67.5 Å². The monoisotopic (exact) mass is 188 g/mol. The number of hydrogen-bond donors (Lipinski definition) is 3. The first kappa shape index (κ1) is 10.9. The summed E-state index contributed by atoms with van der Waals surface area (Å²) in [6, 6.07) is -0.179. The lowest BCUT2D eigenvalue weighted by atomic mass is 10.2. The van der Waals surface area contributed by atoms with Gasteiger partial charge in [-0.05, 0) is 19.3 Å². The van der Waals surface area contributed by atoms with Crippen molar-refractivity contribution in [3.63, 3.8) is 0 Å². The third-order valence-corrected chi connectivity index (χ3v) is 2.46. The summed E-state index contributed by atoms with van der Waals surface area (Å²) in [5.74, 6) is 0. The number of nitrogens with two attached hydrogens (primary N) is 1. The van der Waals surface area contributed by atoms with Crippen molar-refractivity contribution >= 4 is 0 Å². The summed E-state index contributed by atoms with van der Waals surface area (Å²) in [6.45, 7) is 3.51. The molecule has 0 aromatic rings. The number of aliphatic hydroxyl groups excluding tert-OH is 1. The first-order valence-corrected chi connectivity index (χ1v) is 5.02. The molecule has 78 valence electrons. The Kier molecular flexibility index (Phi) is 4.66. The Morgan fingerprint density at radius 3 is 3.00 bits per heavy atom. The van der Waals surface area contributed by atoms with Gasteiger partial charge in [0.05, 0.1) is 6.10 Å². The fourth-order valence-corrected chi connectivity index (χ4v) is 1.43. The summed E-state index contributed by atoms with van der Waals surface area (Å²) in [5.41, 5.74) is 5.65. The van der Waals surface area contributed by atoms with Gasteiger partial charge in [-0.1, -0.05) is 6.92 Å². The second-order valence-corrected chi connectivity index (χ2v) is 3.56. The highest BCUT2D eigenvalue weighted by molar-refractivity contribution is 4.72. The van der Waals surface area contributed by atoms with Gasteiger partial charge < -0.3 is 15.6 Å². The molecule has 0 spiro atoms. The smallest absolute Gasteiger partial charge is 0.120 e.